The lowest BCUT2D eigenvalue weighted by molar-refractivity contribution is -0.384. The fraction of sp³-hybridized carbons (Fsp3) is 0.308. The molecule has 1 fully saturated rings. The number of cyclic esters (lactones) is 1. The molecule has 1 heterocycles. The number of non-ortho nitro benzene ring substituents is 1. The molecule has 2 rings (SSSR count). The summed E-state index contributed by atoms with van der Waals surface area (Å²) in [6.45, 7) is 0.701. The van der Waals surface area contributed by atoms with E-state index in [2.05, 4.69) is 5.92 Å². The first-order valence-electron chi connectivity index (χ1n) is 5.85. The summed E-state index contributed by atoms with van der Waals surface area (Å²) < 4.78 is 10.2. The first-order chi connectivity index (χ1) is 9.61. The van der Waals surface area contributed by atoms with Gasteiger partial charge in [-0.25, -0.2) is 4.79 Å². The van der Waals surface area contributed by atoms with E-state index < -0.39 is 17.1 Å². The predicted octanol–water partition coefficient (Wildman–Crippen LogP) is 1.57. The fourth-order valence-electron chi connectivity index (χ4n) is 1.82. The molecule has 1 aromatic carbocycles. The SMILES string of the molecule is C#CCOCC1CN(c2ccc([N+](=O)[O-])cc2)C(=O)O1. The number of anilines is 1. The number of amides is 1. The molecule has 1 aromatic rings. The maximum atomic E-state index is 11.7. The van der Waals surface area contributed by atoms with Gasteiger partial charge in [-0.1, -0.05) is 5.92 Å². The first-order valence-corrected chi connectivity index (χ1v) is 5.85. The van der Waals surface area contributed by atoms with Crippen molar-refractivity contribution >= 4 is 17.5 Å². The molecule has 0 aliphatic carbocycles. The summed E-state index contributed by atoms with van der Waals surface area (Å²) in [5.74, 6) is 2.32. The highest BCUT2D eigenvalue weighted by Crippen LogP contribution is 2.24. The van der Waals surface area contributed by atoms with Crippen molar-refractivity contribution in [1.29, 1.82) is 0 Å². The third-order valence-corrected chi connectivity index (χ3v) is 2.74. The lowest BCUT2D eigenvalue weighted by Gasteiger charge is -2.12. The molecule has 7 nitrogen and oxygen atoms in total. The summed E-state index contributed by atoms with van der Waals surface area (Å²) in [7, 11) is 0. The Balaban J connectivity index is 2.00. The van der Waals surface area contributed by atoms with E-state index in [0.29, 0.717) is 12.2 Å². The maximum Gasteiger partial charge on any atom is 0.414 e. The zero-order chi connectivity index (χ0) is 14.5. The van der Waals surface area contributed by atoms with Crippen molar-refractivity contribution in [1.82, 2.24) is 0 Å². The Bertz CT molecular complexity index is 549. The van der Waals surface area contributed by atoms with Crippen LogP contribution in [0.25, 0.3) is 0 Å². The Morgan fingerprint density at radius 1 is 1.50 bits per heavy atom. The average Bonchev–Trinajstić information content (AvgIpc) is 2.80. The van der Waals surface area contributed by atoms with Crippen LogP contribution in [0.15, 0.2) is 24.3 Å². The average molecular weight is 276 g/mol. The Hall–Kier alpha value is -2.59. The van der Waals surface area contributed by atoms with Crippen molar-refractivity contribution < 1.29 is 19.2 Å². The number of carbonyl (C=O) groups is 1. The number of rotatable bonds is 5. The zero-order valence-electron chi connectivity index (χ0n) is 10.5. The van der Waals surface area contributed by atoms with Crippen LogP contribution < -0.4 is 4.90 Å². The second kappa shape index (κ2) is 6.04. The van der Waals surface area contributed by atoms with Crippen molar-refractivity contribution in [3.05, 3.63) is 34.4 Å². The minimum Gasteiger partial charge on any atom is -0.441 e. The van der Waals surface area contributed by atoms with Crippen LogP contribution in [0, 0.1) is 22.5 Å². The molecule has 1 atom stereocenters. The van der Waals surface area contributed by atoms with Crippen molar-refractivity contribution in [2.24, 2.45) is 0 Å². The van der Waals surface area contributed by atoms with Crippen LogP contribution in [0.3, 0.4) is 0 Å². The van der Waals surface area contributed by atoms with E-state index in [9.17, 15) is 14.9 Å². The summed E-state index contributed by atoms with van der Waals surface area (Å²) in [6, 6.07) is 5.68. The minimum absolute atomic E-state index is 0.0322. The van der Waals surface area contributed by atoms with Crippen LogP contribution in [0.2, 0.25) is 0 Å². The molecule has 0 aromatic heterocycles. The van der Waals surface area contributed by atoms with Gasteiger partial charge in [0.25, 0.3) is 5.69 Å². The molecule has 104 valence electrons. The molecule has 0 bridgehead atoms. The summed E-state index contributed by atoms with van der Waals surface area (Å²) in [5, 5.41) is 10.6. The van der Waals surface area contributed by atoms with E-state index in [1.54, 1.807) is 0 Å². The number of carbonyl (C=O) groups excluding carboxylic acids is 1. The molecule has 0 radical (unpaired) electrons. The topological polar surface area (TPSA) is 81.9 Å². The quantitative estimate of drug-likeness (QED) is 0.353. The number of hydrogen-bond donors (Lipinski definition) is 0. The number of nitro benzene ring substituents is 1. The molecule has 0 N–H and O–H groups in total. The highest BCUT2D eigenvalue weighted by molar-refractivity contribution is 5.89. The van der Waals surface area contributed by atoms with Crippen molar-refractivity contribution in [2.75, 3.05) is 24.7 Å². The monoisotopic (exact) mass is 276 g/mol. The number of terminal acetylenes is 1. The standard InChI is InChI=1S/C13H12N2O5/c1-2-7-19-9-12-8-14(13(16)20-12)10-3-5-11(6-4-10)15(17)18/h1,3-6,12H,7-9H2. The van der Waals surface area contributed by atoms with Gasteiger partial charge in [0, 0.05) is 17.8 Å². The first kappa shape index (κ1) is 13.8. The van der Waals surface area contributed by atoms with Gasteiger partial charge in [-0.15, -0.1) is 6.42 Å². The van der Waals surface area contributed by atoms with E-state index in [1.807, 2.05) is 0 Å². The van der Waals surface area contributed by atoms with Crippen molar-refractivity contribution in [3.8, 4) is 12.3 Å². The Kier molecular flexibility index (Phi) is 4.17. The molecule has 20 heavy (non-hydrogen) atoms. The van der Waals surface area contributed by atoms with Gasteiger partial charge in [-0.3, -0.25) is 15.0 Å². The summed E-state index contributed by atoms with van der Waals surface area (Å²) in [6.07, 6.45) is 4.15. The van der Waals surface area contributed by atoms with E-state index >= 15 is 0 Å². The van der Waals surface area contributed by atoms with Gasteiger partial charge in [-0.2, -0.15) is 0 Å². The second-order valence-electron chi connectivity index (χ2n) is 4.11. The normalized spacial score (nSPS) is 17.6. The van der Waals surface area contributed by atoms with Crippen LogP contribution >= 0.6 is 0 Å². The van der Waals surface area contributed by atoms with Gasteiger partial charge < -0.3 is 9.47 Å². The Morgan fingerprint density at radius 2 is 2.20 bits per heavy atom. The van der Waals surface area contributed by atoms with Crippen LogP contribution in [0.4, 0.5) is 16.2 Å². The van der Waals surface area contributed by atoms with Crippen molar-refractivity contribution in [3.63, 3.8) is 0 Å². The van der Waals surface area contributed by atoms with E-state index in [4.69, 9.17) is 15.9 Å². The van der Waals surface area contributed by atoms with Gasteiger partial charge in [-0.05, 0) is 12.1 Å². The number of benzene rings is 1. The molecule has 7 heteroatoms. The number of nitrogens with zero attached hydrogens (tertiary/aromatic N) is 2. The largest absolute Gasteiger partial charge is 0.441 e. The summed E-state index contributed by atoms with van der Waals surface area (Å²) in [5.41, 5.74) is 0.510. The highest BCUT2D eigenvalue weighted by atomic mass is 16.6. The van der Waals surface area contributed by atoms with Crippen LogP contribution in [0.5, 0.6) is 0 Å². The minimum atomic E-state index is -0.506. The molecule has 1 unspecified atom stereocenters. The molecular weight excluding hydrogens is 264 g/mol. The van der Waals surface area contributed by atoms with Gasteiger partial charge in [0.1, 0.15) is 12.7 Å². The van der Waals surface area contributed by atoms with E-state index in [1.165, 1.54) is 29.2 Å². The molecule has 1 aliphatic rings. The maximum absolute atomic E-state index is 11.7. The van der Waals surface area contributed by atoms with Crippen molar-refractivity contribution in [2.45, 2.75) is 6.10 Å². The lowest BCUT2D eigenvalue weighted by atomic mass is 10.2. The molecule has 0 saturated carbocycles. The second-order valence-corrected chi connectivity index (χ2v) is 4.11. The van der Waals surface area contributed by atoms with Gasteiger partial charge >= 0.3 is 6.09 Å². The lowest BCUT2D eigenvalue weighted by Crippen LogP contribution is -2.25. The number of ether oxygens (including phenoxy) is 2. The van der Waals surface area contributed by atoms with Crippen LogP contribution in [-0.2, 0) is 9.47 Å². The number of nitro groups is 1. The fourth-order valence-corrected chi connectivity index (χ4v) is 1.82. The highest BCUT2D eigenvalue weighted by Gasteiger charge is 2.32. The third-order valence-electron chi connectivity index (χ3n) is 2.74. The molecule has 0 spiro atoms. The number of hydrogen-bond acceptors (Lipinski definition) is 5. The van der Waals surface area contributed by atoms with Gasteiger partial charge in [0.2, 0.25) is 0 Å². The summed E-state index contributed by atoms with van der Waals surface area (Å²) in [4.78, 5) is 23.2. The Morgan fingerprint density at radius 3 is 2.80 bits per heavy atom. The molecular formula is C13H12N2O5. The van der Waals surface area contributed by atoms with Gasteiger partial charge in [0.15, 0.2) is 0 Å². The van der Waals surface area contributed by atoms with Crippen LogP contribution in [-0.4, -0.2) is 36.9 Å². The predicted molar refractivity (Wildman–Crippen MR) is 70.4 cm³/mol. The summed E-state index contributed by atoms with van der Waals surface area (Å²) >= 11 is 0. The van der Waals surface area contributed by atoms with E-state index in [0.717, 1.165) is 0 Å². The van der Waals surface area contributed by atoms with Crippen LogP contribution in [0.1, 0.15) is 0 Å². The smallest absolute Gasteiger partial charge is 0.414 e. The van der Waals surface area contributed by atoms with E-state index in [-0.39, 0.29) is 18.9 Å². The Labute approximate surface area is 115 Å². The van der Waals surface area contributed by atoms with Gasteiger partial charge in [0.05, 0.1) is 18.1 Å². The molecule has 1 amide bonds. The molecule has 1 saturated heterocycles. The molecule has 1 aliphatic heterocycles. The zero-order valence-corrected chi connectivity index (χ0v) is 10.5. The third kappa shape index (κ3) is 3.05.